The summed E-state index contributed by atoms with van der Waals surface area (Å²) in [6.45, 7) is 10.4. The Labute approximate surface area is 146 Å². The van der Waals surface area contributed by atoms with Gasteiger partial charge in [-0.1, -0.05) is 30.4 Å². The molecule has 0 aliphatic carbocycles. The van der Waals surface area contributed by atoms with Crippen LogP contribution in [0.4, 0.5) is 13.2 Å². The Morgan fingerprint density at radius 3 is 2.44 bits per heavy atom. The average Bonchev–Trinajstić information content (AvgIpc) is 2.51. The summed E-state index contributed by atoms with van der Waals surface area (Å²) in [4.78, 5) is 16.0. The van der Waals surface area contributed by atoms with Crippen LogP contribution in [-0.4, -0.2) is 48.2 Å². The van der Waals surface area contributed by atoms with E-state index in [4.69, 9.17) is 0 Å². The van der Waals surface area contributed by atoms with Crippen LogP contribution in [0.25, 0.3) is 0 Å². The van der Waals surface area contributed by atoms with Crippen LogP contribution in [0.15, 0.2) is 36.4 Å². The molecule has 0 aromatic heterocycles. The molecule has 0 fully saturated rings. The highest BCUT2D eigenvalue weighted by atomic mass is 19.4. The van der Waals surface area contributed by atoms with Crippen molar-refractivity contribution >= 4 is 5.91 Å². The van der Waals surface area contributed by atoms with E-state index in [1.165, 1.54) is 12.1 Å². The van der Waals surface area contributed by atoms with Gasteiger partial charge in [0.25, 0.3) is 0 Å². The molecule has 1 aromatic carbocycles. The normalized spacial score (nSPS) is 12.8. The molecule has 0 bridgehead atoms. The van der Waals surface area contributed by atoms with E-state index in [9.17, 15) is 18.0 Å². The number of halogens is 3. The highest BCUT2D eigenvalue weighted by Crippen LogP contribution is 2.27. The number of amides is 1. The van der Waals surface area contributed by atoms with Crippen molar-refractivity contribution in [3.63, 3.8) is 0 Å². The summed E-state index contributed by atoms with van der Waals surface area (Å²) in [5.41, 5.74) is 1.24. The molecule has 1 amide bonds. The smallest absolute Gasteiger partial charge is 0.405 e. The molecule has 0 aliphatic heterocycles. The molecule has 4 nitrogen and oxygen atoms in total. The number of hydrogen-bond acceptors (Lipinski definition) is 3. The van der Waals surface area contributed by atoms with Gasteiger partial charge in [-0.3, -0.25) is 9.69 Å². The van der Waals surface area contributed by atoms with Crippen LogP contribution in [0.1, 0.15) is 26.3 Å². The maximum Gasteiger partial charge on any atom is 0.573 e. The minimum Gasteiger partial charge on any atom is -0.405 e. The van der Waals surface area contributed by atoms with Crippen molar-refractivity contribution in [3.05, 3.63) is 42.0 Å². The SMILES string of the molecule is C=C(C)CN(CC)C(=O)C(C)N(C)Cc1ccccc1OC(F)(F)F. The molecule has 1 unspecified atom stereocenters. The van der Waals surface area contributed by atoms with Gasteiger partial charge in [-0.25, -0.2) is 0 Å². The number of para-hydroxylation sites is 1. The van der Waals surface area contributed by atoms with E-state index in [0.29, 0.717) is 18.7 Å². The third kappa shape index (κ3) is 6.78. The predicted molar refractivity (Wildman–Crippen MR) is 91.1 cm³/mol. The Morgan fingerprint density at radius 1 is 1.32 bits per heavy atom. The van der Waals surface area contributed by atoms with E-state index < -0.39 is 12.4 Å². The Kier molecular flexibility index (Phi) is 7.48. The maximum atomic E-state index is 12.6. The third-order valence-electron chi connectivity index (χ3n) is 3.79. The van der Waals surface area contributed by atoms with E-state index in [1.807, 2.05) is 13.8 Å². The van der Waals surface area contributed by atoms with Gasteiger partial charge in [0.2, 0.25) is 5.91 Å². The van der Waals surface area contributed by atoms with Gasteiger partial charge in [-0.15, -0.1) is 13.2 Å². The highest BCUT2D eigenvalue weighted by Gasteiger charge is 2.32. The molecule has 1 atom stereocenters. The zero-order chi connectivity index (χ0) is 19.2. The Bertz CT molecular complexity index is 602. The number of alkyl halides is 3. The zero-order valence-corrected chi connectivity index (χ0v) is 15.1. The summed E-state index contributed by atoms with van der Waals surface area (Å²) >= 11 is 0. The van der Waals surface area contributed by atoms with Gasteiger partial charge in [-0.2, -0.15) is 0 Å². The first-order valence-electron chi connectivity index (χ1n) is 8.02. The maximum absolute atomic E-state index is 12.6. The largest absolute Gasteiger partial charge is 0.573 e. The van der Waals surface area contributed by atoms with Gasteiger partial charge in [-0.05, 0) is 33.9 Å². The fourth-order valence-corrected chi connectivity index (χ4v) is 2.39. The molecule has 1 rings (SSSR count). The summed E-state index contributed by atoms with van der Waals surface area (Å²) in [5, 5.41) is 0. The lowest BCUT2D eigenvalue weighted by Crippen LogP contribution is -2.45. The minimum atomic E-state index is -4.75. The van der Waals surface area contributed by atoms with Crippen molar-refractivity contribution in [2.75, 3.05) is 20.1 Å². The van der Waals surface area contributed by atoms with Crippen molar-refractivity contribution in [2.24, 2.45) is 0 Å². The molecule has 25 heavy (non-hydrogen) atoms. The fraction of sp³-hybridized carbons (Fsp3) is 0.500. The minimum absolute atomic E-state index is 0.0952. The van der Waals surface area contributed by atoms with Gasteiger partial charge < -0.3 is 9.64 Å². The standard InChI is InChI=1S/C18H25F3N2O2/c1-6-23(11-13(2)3)17(24)14(4)22(5)12-15-9-7-8-10-16(15)25-18(19,20)21/h7-10,14H,2,6,11-12H2,1,3-5H3. The monoisotopic (exact) mass is 358 g/mol. The molecule has 0 saturated heterocycles. The summed E-state index contributed by atoms with van der Waals surface area (Å²) in [6.07, 6.45) is -4.75. The molecule has 140 valence electrons. The second-order valence-corrected chi connectivity index (χ2v) is 6.06. The first-order valence-corrected chi connectivity index (χ1v) is 8.02. The molecule has 7 heteroatoms. The number of benzene rings is 1. The van der Waals surface area contributed by atoms with Crippen LogP contribution in [0, 0.1) is 0 Å². The Morgan fingerprint density at radius 2 is 1.92 bits per heavy atom. The molecular weight excluding hydrogens is 333 g/mol. The van der Waals surface area contributed by atoms with Gasteiger partial charge in [0.1, 0.15) is 5.75 Å². The molecule has 0 spiro atoms. The van der Waals surface area contributed by atoms with Gasteiger partial charge in [0.05, 0.1) is 6.04 Å². The topological polar surface area (TPSA) is 32.8 Å². The van der Waals surface area contributed by atoms with E-state index in [1.54, 1.807) is 35.9 Å². The van der Waals surface area contributed by atoms with Crippen LogP contribution in [0.2, 0.25) is 0 Å². The third-order valence-corrected chi connectivity index (χ3v) is 3.79. The molecule has 0 radical (unpaired) electrons. The first-order chi connectivity index (χ1) is 11.5. The molecular formula is C18H25F3N2O2. The van der Waals surface area contributed by atoms with Gasteiger partial charge >= 0.3 is 6.36 Å². The number of ether oxygens (including phenoxy) is 1. The van der Waals surface area contributed by atoms with E-state index in [0.717, 1.165) is 5.57 Å². The van der Waals surface area contributed by atoms with Crippen LogP contribution in [-0.2, 0) is 11.3 Å². The lowest BCUT2D eigenvalue weighted by molar-refractivity contribution is -0.275. The quantitative estimate of drug-likeness (QED) is 0.662. The first kappa shape index (κ1) is 21.0. The summed E-state index contributed by atoms with van der Waals surface area (Å²) in [7, 11) is 1.70. The molecule has 1 aromatic rings. The Balaban J connectivity index is 2.86. The van der Waals surface area contributed by atoms with Crippen LogP contribution in [0.3, 0.4) is 0 Å². The second kappa shape index (κ2) is 8.89. The van der Waals surface area contributed by atoms with Gasteiger partial charge in [0, 0.05) is 25.2 Å². The molecule has 0 heterocycles. The Hall–Kier alpha value is -2.02. The van der Waals surface area contributed by atoms with Crippen LogP contribution < -0.4 is 4.74 Å². The van der Waals surface area contributed by atoms with Crippen molar-refractivity contribution in [3.8, 4) is 5.75 Å². The lowest BCUT2D eigenvalue weighted by Gasteiger charge is -2.30. The molecule has 0 N–H and O–H groups in total. The van der Waals surface area contributed by atoms with Crippen LogP contribution >= 0.6 is 0 Å². The van der Waals surface area contributed by atoms with Crippen LogP contribution in [0.5, 0.6) is 5.75 Å². The molecule has 0 aliphatic rings. The number of likely N-dealkylation sites (N-methyl/N-ethyl adjacent to an activating group) is 2. The number of rotatable bonds is 8. The highest BCUT2D eigenvalue weighted by molar-refractivity contribution is 5.81. The van der Waals surface area contributed by atoms with Crippen molar-refractivity contribution in [1.29, 1.82) is 0 Å². The zero-order valence-electron chi connectivity index (χ0n) is 15.1. The summed E-state index contributed by atoms with van der Waals surface area (Å²) in [6, 6.07) is 5.45. The van der Waals surface area contributed by atoms with Gasteiger partial charge in [0.15, 0.2) is 0 Å². The van der Waals surface area contributed by atoms with Crippen molar-refractivity contribution in [1.82, 2.24) is 9.80 Å². The summed E-state index contributed by atoms with van der Waals surface area (Å²) < 4.78 is 41.6. The lowest BCUT2D eigenvalue weighted by atomic mass is 10.1. The molecule has 0 saturated carbocycles. The number of nitrogens with zero attached hydrogens (tertiary/aromatic N) is 2. The predicted octanol–water partition coefficient (Wildman–Crippen LogP) is 3.83. The van der Waals surface area contributed by atoms with E-state index in [-0.39, 0.29) is 18.2 Å². The number of hydrogen-bond donors (Lipinski definition) is 0. The number of carbonyl (C=O) groups excluding carboxylic acids is 1. The van der Waals surface area contributed by atoms with E-state index in [2.05, 4.69) is 11.3 Å². The van der Waals surface area contributed by atoms with E-state index >= 15 is 0 Å². The summed E-state index contributed by atoms with van der Waals surface area (Å²) in [5.74, 6) is -0.349. The average molecular weight is 358 g/mol. The number of carbonyl (C=O) groups is 1. The second-order valence-electron chi connectivity index (χ2n) is 6.06. The van der Waals surface area contributed by atoms with Crippen molar-refractivity contribution < 1.29 is 22.7 Å². The van der Waals surface area contributed by atoms with Crippen molar-refractivity contribution in [2.45, 2.75) is 39.7 Å². The fourth-order valence-electron chi connectivity index (χ4n) is 2.39.